The van der Waals surface area contributed by atoms with Crippen LogP contribution >= 0.6 is 0 Å². The van der Waals surface area contributed by atoms with E-state index >= 15 is 0 Å². The molecule has 0 aliphatic carbocycles. The Labute approximate surface area is 270 Å². The van der Waals surface area contributed by atoms with Crippen molar-refractivity contribution >= 4 is 43.1 Å². The van der Waals surface area contributed by atoms with Gasteiger partial charge in [-0.25, -0.2) is 0 Å². The number of rotatable bonds is 3. The second-order valence-corrected chi connectivity index (χ2v) is 8.50. The molecule has 0 aliphatic heterocycles. The van der Waals surface area contributed by atoms with E-state index in [1.807, 2.05) is 0 Å². The van der Waals surface area contributed by atoms with Crippen molar-refractivity contribution in [2.75, 3.05) is 0 Å². The summed E-state index contributed by atoms with van der Waals surface area (Å²) in [5.41, 5.74) is -4.80. The Bertz CT molecular complexity index is 3620. The number of fused-ring (bicyclic) bond motifs is 4. The Morgan fingerprint density at radius 3 is 1.40 bits per heavy atom. The first-order chi connectivity index (χ1) is 30.7. The topological polar surface area (TPSA) is 0 Å². The molecule has 0 aromatic heterocycles. The van der Waals surface area contributed by atoms with Crippen LogP contribution in [0, 0.1) is 0 Å². The maximum Gasteiger partial charge on any atom is 0.0636 e. The average molecular weight is 533 g/mol. The Hall–Kier alpha value is -5.20. The maximum atomic E-state index is 9.93. The van der Waals surface area contributed by atoms with E-state index in [9.17, 15) is 11.0 Å². The first-order valence-electron chi connectivity index (χ1n) is 24.8. The van der Waals surface area contributed by atoms with Crippen molar-refractivity contribution in [3.8, 4) is 33.4 Å². The molecule has 0 radical (unpaired) electrons. The lowest BCUT2D eigenvalue weighted by molar-refractivity contribution is 1.65. The smallest absolute Gasteiger partial charge is 0.0622 e. The highest BCUT2D eigenvalue weighted by molar-refractivity contribution is 6.22. The summed E-state index contributed by atoms with van der Waals surface area (Å²) in [6.07, 6.45) is 0. The lowest BCUT2D eigenvalue weighted by Gasteiger charge is -2.19. The van der Waals surface area contributed by atoms with E-state index in [0.29, 0.717) is 0 Å². The van der Waals surface area contributed by atoms with Gasteiger partial charge in [-0.2, -0.15) is 0 Å². The molecule has 8 rings (SSSR count). The molecule has 0 heterocycles. The molecule has 40 heavy (non-hydrogen) atoms. The van der Waals surface area contributed by atoms with Gasteiger partial charge in [0.25, 0.3) is 0 Å². The zero-order valence-electron chi connectivity index (χ0n) is 46.0. The van der Waals surface area contributed by atoms with E-state index in [0.717, 1.165) is 0 Å². The van der Waals surface area contributed by atoms with Crippen LogP contribution in [0.3, 0.4) is 0 Å². The molecule has 0 spiro atoms. The normalized spacial score (nSPS) is 20.6. The summed E-state index contributed by atoms with van der Waals surface area (Å²) in [5, 5.41) is -5.47. The van der Waals surface area contributed by atoms with Gasteiger partial charge in [0.2, 0.25) is 0 Å². The summed E-state index contributed by atoms with van der Waals surface area (Å²) in [6.45, 7) is 0. The Kier molecular flexibility index (Phi) is 1.99. The van der Waals surface area contributed by atoms with Crippen LogP contribution < -0.4 is 0 Å². The van der Waals surface area contributed by atoms with Crippen LogP contribution in [-0.2, 0) is 0 Å². The third kappa shape index (κ3) is 3.69. The van der Waals surface area contributed by atoms with Crippen LogP contribution in [-0.4, -0.2) is 0 Å². The van der Waals surface area contributed by atoms with Crippen LogP contribution in [0.25, 0.3) is 76.5 Å². The van der Waals surface area contributed by atoms with Crippen molar-refractivity contribution in [3.63, 3.8) is 0 Å². The van der Waals surface area contributed by atoms with Gasteiger partial charge in [-0.15, -0.1) is 0 Å². The van der Waals surface area contributed by atoms with Gasteiger partial charge < -0.3 is 0 Å². The van der Waals surface area contributed by atoms with Crippen LogP contribution in [0.4, 0.5) is 0 Å². The van der Waals surface area contributed by atoms with E-state index < -0.39 is 234 Å². The van der Waals surface area contributed by atoms with E-state index in [-0.39, 0.29) is 0 Å². The van der Waals surface area contributed by atoms with Crippen LogP contribution in [0.5, 0.6) is 0 Å². The molecule has 186 valence electrons. The summed E-state index contributed by atoms with van der Waals surface area (Å²) < 4.78 is 231. The fraction of sp³-hybridized carbons (Fsp3) is 0. The fourth-order valence-corrected chi connectivity index (χ4v) is 4.53. The van der Waals surface area contributed by atoms with Gasteiger partial charge in [0.05, 0.1) is 35.6 Å². The molecular formula is C40H26. The standard InChI is InChI=1S/C40H26/c1-2-12-29(13-3-1)39-35-16-8-9-17-36(35)40(34-21-19-28-11-5-7-15-31(28)25-34)37-23-22-33(26-38(37)39)32-20-18-27-10-4-6-14-30(27)24-32/h1-26H/i1D,2D,3D,4D,5D,6D,7D,8D,9D,10D,11D,12D,13D,14D,15D,16D,17D,18D,19D,20D,21D,22D,23D,24D,25D,26D. The number of hydrogen-bond donors (Lipinski definition) is 0. The molecular weight excluding hydrogens is 480 g/mol. The van der Waals surface area contributed by atoms with Crippen molar-refractivity contribution < 1.29 is 35.6 Å². The molecule has 0 heteroatoms. The lowest BCUT2D eigenvalue weighted by Crippen LogP contribution is -1.92. The molecule has 0 N–H and O–H groups in total. The Morgan fingerprint density at radius 2 is 0.725 bits per heavy atom. The van der Waals surface area contributed by atoms with Crippen molar-refractivity contribution in [1.29, 1.82) is 0 Å². The Morgan fingerprint density at radius 1 is 0.275 bits per heavy atom. The van der Waals surface area contributed by atoms with E-state index in [4.69, 9.17) is 24.7 Å². The van der Waals surface area contributed by atoms with Crippen molar-refractivity contribution in [2.24, 2.45) is 0 Å². The summed E-state index contributed by atoms with van der Waals surface area (Å²) >= 11 is 0. The predicted molar refractivity (Wildman–Crippen MR) is 173 cm³/mol. The first kappa shape index (κ1) is 8.65. The zero-order valence-corrected chi connectivity index (χ0v) is 20.0. The largest absolute Gasteiger partial charge is 0.0636 e. The van der Waals surface area contributed by atoms with Crippen LogP contribution in [0.15, 0.2) is 157 Å². The Balaban J connectivity index is 1.80. The van der Waals surface area contributed by atoms with Gasteiger partial charge in [-0.05, 0) is 94.6 Å². The van der Waals surface area contributed by atoms with Gasteiger partial charge in [-0.1, -0.05) is 139 Å². The molecule has 0 aliphatic rings. The molecule has 0 nitrogen and oxygen atoms in total. The molecule has 0 unspecified atom stereocenters. The zero-order chi connectivity index (χ0) is 49.1. The van der Waals surface area contributed by atoms with Gasteiger partial charge in [0.15, 0.2) is 0 Å². The monoisotopic (exact) mass is 532 g/mol. The van der Waals surface area contributed by atoms with Gasteiger partial charge in [0.1, 0.15) is 0 Å². The summed E-state index contributed by atoms with van der Waals surface area (Å²) in [4.78, 5) is 0. The second-order valence-electron chi connectivity index (χ2n) is 8.50. The first-order valence-corrected chi connectivity index (χ1v) is 11.8. The molecule has 0 saturated heterocycles. The molecule has 0 atom stereocenters. The fourth-order valence-electron chi connectivity index (χ4n) is 4.53. The molecule has 0 amide bonds. The molecule has 0 saturated carbocycles. The molecule has 8 aromatic rings. The van der Waals surface area contributed by atoms with Gasteiger partial charge in [-0.3, -0.25) is 0 Å². The van der Waals surface area contributed by atoms with E-state index in [1.165, 1.54) is 0 Å². The van der Waals surface area contributed by atoms with Crippen LogP contribution in [0.2, 0.25) is 0 Å². The number of benzene rings is 8. The quantitative estimate of drug-likeness (QED) is 0.198. The SMILES string of the molecule is [2H]c1c([2H])c([2H])c(-c2c3c([2H])c([2H])c([2H])c([2H])c3c(-c3c([2H])c([2H])c4c([2H])c([2H])c([2H])c([2H])c4c3[2H])c3c([2H])c([2H])c(-c4c([2H])c([2H])c5c([2H])c([2H])c([2H])c([2H])c5c4[2H])c([2H])c23)c([2H])c1[2H]. The van der Waals surface area contributed by atoms with Crippen molar-refractivity contribution in [1.82, 2.24) is 0 Å². The van der Waals surface area contributed by atoms with Gasteiger partial charge >= 0.3 is 0 Å². The second kappa shape index (κ2) is 9.22. The highest BCUT2D eigenvalue weighted by Crippen LogP contribution is 2.45. The molecule has 0 fully saturated rings. The highest BCUT2D eigenvalue weighted by atomic mass is 14.2. The summed E-state index contributed by atoms with van der Waals surface area (Å²) in [5.74, 6) is 0. The van der Waals surface area contributed by atoms with Crippen LogP contribution in [0.1, 0.15) is 35.6 Å². The maximum absolute atomic E-state index is 9.93. The minimum absolute atomic E-state index is 0.569. The third-order valence-corrected chi connectivity index (χ3v) is 6.25. The minimum Gasteiger partial charge on any atom is -0.0622 e. The van der Waals surface area contributed by atoms with Gasteiger partial charge in [0, 0.05) is 0 Å². The van der Waals surface area contributed by atoms with Crippen molar-refractivity contribution in [3.05, 3.63) is 157 Å². The predicted octanol–water partition coefficient (Wildman–Crippen LogP) is 11.3. The number of hydrogen-bond acceptors (Lipinski definition) is 0. The van der Waals surface area contributed by atoms with E-state index in [2.05, 4.69) is 0 Å². The van der Waals surface area contributed by atoms with Crippen molar-refractivity contribution in [2.45, 2.75) is 0 Å². The summed E-state index contributed by atoms with van der Waals surface area (Å²) in [6, 6.07) is -24.3. The molecule has 8 aromatic carbocycles. The highest BCUT2D eigenvalue weighted by Gasteiger charge is 2.17. The lowest BCUT2D eigenvalue weighted by atomic mass is 9.84. The average Bonchev–Trinajstić information content (AvgIpc) is 3.28. The van der Waals surface area contributed by atoms with E-state index in [1.54, 1.807) is 0 Å². The molecule has 0 bridgehead atoms. The summed E-state index contributed by atoms with van der Waals surface area (Å²) in [7, 11) is 0. The third-order valence-electron chi connectivity index (χ3n) is 6.25. The minimum atomic E-state index is -1.07.